The third kappa shape index (κ3) is 2.70. The fraction of sp³-hybridized carbons (Fsp3) is 0.250. The van der Waals surface area contributed by atoms with E-state index in [1.54, 1.807) is 24.3 Å². The van der Waals surface area contributed by atoms with Crippen LogP contribution in [-0.4, -0.2) is 8.42 Å². The monoisotopic (exact) mass is 287 g/mol. The van der Waals surface area contributed by atoms with Crippen molar-refractivity contribution in [1.82, 2.24) is 0 Å². The van der Waals surface area contributed by atoms with Crippen LogP contribution in [0, 0.1) is 6.92 Å². The van der Waals surface area contributed by atoms with Gasteiger partial charge in [-0.15, -0.1) is 0 Å². The molecule has 0 unspecified atom stereocenters. The summed E-state index contributed by atoms with van der Waals surface area (Å²) < 4.78 is 27.5. The van der Waals surface area contributed by atoms with Crippen molar-refractivity contribution >= 4 is 15.7 Å². The molecule has 1 aliphatic carbocycles. The summed E-state index contributed by atoms with van der Waals surface area (Å²) in [5, 5.41) is 0. The molecule has 3 nitrogen and oxygen atoms in total. The van der Waals surface area contributed by atoms with Gasteiger partial charge >= 0.3 is 0 Å². The maximum Gasteiger partial charge on any atom is 0.261 e. The van der Waals surface area contributed by atoms with Gasteiger partial charge in [0, 0.05) is 0 Å². The first-order valence-electron chi connectivity index (χ1n) is 6.75. The van der Waals surface area contributed by atoms with Gasteiger partial charge in [0.15, 0.2) is 0 Å². The highest BCUT2D eigenvalue weighted by molar-refractivity contribution is 7.92. The Morgan fingerprint density at radius 3 is 2.30 bits per heavy atom. The van der Waals surface area contributed by atoms with Gasteiger partial charge in [-0.25, -0.2) is 8.42 Å². The summed E-state index contributed by atoms with van der Waals surface area (Å²) in [6, 6.07) is 14.5. The lowest BCUT2D eigenvalue weighted by atomic mass is 10.1. The Hall–Kier alpha value is -1.81. The van der Waals surface area contributed by atoms with Gasteiger partial charge in [-0.2, -0.15) is 0 Å². The van der Waals surface area contributed by atoms with Crippen LogP contribution in [0.3, 0.4) is 0 Å². The first-order valence-corrected chi connectivity index (χ1v) is 8.23. The van der Waals surface area contributed by atoms with Crippen LogP contribution in [0.25, 0.3) is 0 Å². The molecule has 3 rings (SSSR count). The zero-order valence-electron chi connectivity index (χ0n) is 11.3. The fourth-order valence-electron chi connectivity index (χ4n) is 2.26. The standard InChI is InChI=1S/C16H17NO2S/c1-12-6-10-14(11-7-12)20(18,19)17-16-5-3-2-4-15(16)13-8-9-13/h2-7,10-11,13,17H,8-9H2,1H3. The van der Waals surface area contributed by atoms with Crippen LogP contribution in [0.5, 0.6) is 0 Å². The summed E-state index contributed by atoms with van der Waals surface area (Å²) in [7, 11) is -3.51. The molecule has 0 amide bonds. The van der Waals surface area contributed by atoms with E-state index in [4.69, 9.17) is 0 Å². The van der Waals surface area contributed by atoms with Crippen LogP contribution < -0.4 is 4.72 Å². The molecule has 0 radical (unpaired) electrons. The Morgan fingerprint density at radius 1 is 1.00 bits per heavy atom. The summed E-state index contributed by atoms with van der Waals surface area (Å²) in [6.07, 6.45) is 2.28. The van der Waals surface area contributed by atoms with Crippen molar-refractivity contribution in [2.24, 2.45) is 0 Å². The van der Waals surface area contributed by atoms with E-state index in [9.17, 15) is 8.42 Å². The quantitative estimate of drug-likeness (QED) is 0.932. The number of sulfonamides is 1. The fourth-order valence-corrected chi connectivity index (χ4v) is 3.35. The molecule has 20 heavy (non-hydrogen) atoms. The topological polar surface area (TPSA) is 46.2 Å². The number of nitrogens with one attached hydrogen (secondary N) is 1. The van der Waals surface area contributed by atoms with E-state index >= 15 is 0 Å². The average molecular weight is 287 g/mol. The largest absolute Gasteiger partial charge is 0.279 e. The normalized spacial score (nSPS) is 15.1. The zero-order valence-corrected chi connectivity index (χ0v) is 12.2. The summed E-state index contributed by atoms with van der Waals surface area (Å²) in [5.41, 5.74) is 2.85. The first kappa shape index (κ1) is 13.2. The molecule has 2 aromatic carbocycles. The lowest BCUT2D eigenvalue weighted by Crippen LogP contribution is -2.14. The van der Waals surface area contributed by atoms with Crippen LogP contribution in [0.2, 0.25) is 0 Å². The van der Waals surface area contributed by atoms with E-state index < -0.39 is 10.0 Å². The minimum Gasteiger partial charge on any atom is -0.279 e. The van der Waals surface area contributed by atoms with E-state index in [1.807, 2.05) is 31.2 Å². The maximum absolute atomic E-state index is 12.4. The zero-order chi connectivity index (χ0) is 14.2. The van der Waals surface area contributed by atoms with Crippen molar-refractivity contribution in [3.8, 4) is 0 Å². The Bertz CT molecular complexity index is 716. The third-order valence-electron chi connectivity index (χ3n) is 3.55. The van der Waals surface area contributed by atoms with Gasteiger partial charge in [0.25, 0.3) is 10.0 Å². The predicted octanol–water partition coefficient (Wildman–Crippen LogP) is 3.67. The maximum atomic E-state index is 12.4. The molecule has 104 valence electrons. The van der Waals surface area contributed by atoms with Crippen LogP contribution in [0.1, 0.15) is 29.9 Å². The average Bonchev–Trinajstić information content (AvgIpc) is 3.24. The number of aryl methyl sites for hydroxylation is 1. The molecule has 1 fully saturated rings. The molecule has 0 saturated heterocycles. The lowest BCUT2D eigenvalue weighted by molar-refractivity contribution is 0.601. The van der Waals surface area contributed by atoms with Crippen molar-refractivity contribution in [2.75, 3.05) is 4.72 Å². The van der Waals surface area contributed by atoms with Gasteiger partial charge in [0.2, 0.25) is 0 Å². The number of anilines is 1. The van der Waals surface area contributed by atoms with Gasteiger partial charge in [0.05, 0.1) is 10.6 Å². The number of benzene rings is 2. The molecule has 1 saturated carbocycles. The molecule has 0 aromatic heterocycles. The SMILES string of the molecule is Cc1ccc(S(=O)(=O)Nc2ccccc2C2CC2)cc1. The van der Waals surface area contributed by atoms with E-state index in [1.165, 1.54) is 0 Å². The molecule has 0 atom stereocenters. The molecule has 0 bridgehead atoms. The van der Waals surface area contributed by atoms with Crippen molar-refractivity contribution in [3.05, 3.63) is 59.7 Å². The second-order valence-corrected chi connectivity index (χ2v) is 6.96. The molecule has 2 aromatic rings. The number of hydrogen-bond acceptors (Lipinski definition) is 2. The Morgan fingerprint density at radius 2 is 1.65 bits per heavy atom. The van der Waals surface area contributed by atoms with Gasteiger partial charge in [-0.1, -0.05) is 35.9 Å². The lowest BCUT2D eigenvalue weighted by Gasteiger charge is -2.12. The van der Waals surface area contributed by atoms with Gasteiger partial charge in [0.1, 0.15) is 0 Å². The smallest absolute Gasteiger partial charge is 0.261 e. The first-order chi connectivity index (χ1) is 9.56. The minimum atomic E-state index is -3.51. The summed E-state index contributed by atoms with van der Waals surface area (Å²) >= 11 is 0. The van der Waals surface area contributed by atoms with Crippen molar-refractivity contribution in [3.63, 3.8) is 0 Å². The van der Waals surface area contributed by atoms with Crippen LogP contribution in [-0.2, 0) is 10.0 Å². The van der Waals surface area contributed by atoms with Crippen LogP contribution in [0.4, 0.5) is 5.69 Å². The summed E-state index contributed by atoms with van der Waals surface area (Å²) in [5.74, 6) is 0.506. The highest BCUT2D eigenvalue weighted by Gasteiger charge is 2.27. The Balaban J connectivity index is 1.92. The Labute approximate surface area is 119 Å². The molecule has 0 heterocycles. The molecule has 4 heteroatoms. The van der Waals surface area contributed by atoms with Gasteiger partial charge in [-0.3, -0.25) is 4.72 Å². The second-order valence-electron chi connectivity index (χ2n) is 5.28. The van der Waals surface area contributed by atoms with E-state index in [0.29, 0.717) is 16.5 Å². The second kappa shape index (κ2) is 4.94. The number of para-hydroxylation sites is 1. The van der Waals surface area contributed by atoms with E-state index in [0.717, 1.165) is 24.0 Å². The molecule has 0 spiro atoms. The summed E-state index contributed by atoms with van der Waals surface area (Å²) in [4.78, 5) is 0.300. The molecular formula is C16H17NO2S. The highest BCUT2D eigenvalue weighted by Crippen LogP contribution is 2.43. The minimum absolute atomic E-state index is 0.300. The molecule has 1 N–H and O–H groups in total. The van der Waals surface area contributed by atoms with Crippen LogP contribution in [0.15, 0.2) is 53.4 Å². The molecule has 0 aliphatic heterocycles. The number of hydrogen-bond donors (Lipinski definition) is 1. The molecular weight excluding hydrogens is 270 g/mol. The van der Waals surface area contributed by atoms with Crippen molar-refractivity contribution < 1.29 is 8.42 Å². The predicted molar refractivity (Wildman–Crippen MR) is 80.4 cm³/mol. The van der Waals surface area contributed by atoms with E-state index in [-0.39, 0.29) is 0 Å². The third-order valence-corrected chi connectivity index (χ3v) is 4.93. The summed E-state index contributed by atoms with van der Waals surface area (Å²) in [6.45, 7) is 1.94. The Kier molecular flexibility index (Phi) is 3.26. The molecule has 1 aliphatic rings. The number of rotatable bonds is 4. The van der Waals surface area contributed by atoms with Crippen molar-refractivity contribution in [2.45, 2.75) is 30.6 Å². The van der Waals surface area contributed by atoms with Gasteiger partial charge in [-0.05, 0) is 49.4 Å². The van der Waals surface area contributed by atoms with Gasteiger partial charge < -0.3 is 0 Å². The van der Waals surface area contributed by atoms with E-state index in [2.05, 4.69) is 4.72 Å². The van der Waals surface area contributed by atoms with Crippen molar-refractivity contribution in [1.29, 1.82) is 0 Å². The van der Waals surface area contributed by atoms with Crippen LogP contribution >= 0.6 is 0 Å². The highest BCUT2D eigenvalue weighted by atomic mass is 32.2.